The zero-order valence-electron chi connectivity index (χ0n) is 13.1. The summed E-state index contributed by atoms with van der Waals surface area (Å²) in [5.41, 5.74) is -1.51. The van der Waals surface area contributed by atoms with Crippen molar-refractivity contribution in [1.29, 1.82) is 0 Å². The number of rotatable bonds is 6. The van der Waals surface area contributed by atoms with Gasteiger partial charge in [-0.15, -0.1) is 0 Å². The number of carbonyl (C=O) groups excluding carboxylic acids is 2. The lowest BCUT2D eigenvalue weighted by Gasteiger charge is -2.13. The first-order chi connectivity index (χ1) is 11.4. The molecule has 2 amide bonds. The number of halogens is 3. The van der Waals surface area contributed by atoms with Crippen molar-refractivity contribution in [2.24, 2.45) is 5.92 Å². The molecule has 3 N–H and O–H groups in total. The Kier molecular flexibility index (Phi) is 6.19. The number of alkyl halides is 3. The van der Waals surface area contributed by atoms with Gasteiger partial charge < -0.3 is 16.0 Å². The van der Waals surface area contributed by atoms with Gasteiger partial charge in [-0.25, -0.2) is 0 Å². The van der Waals surface area contributed by atoms with Gasteiger partial charge in [0, 0.05) is 6.54 Å². The van der Waals surface area contributed by atoms with E-state index in [2.05, 4.69) is 16.0 Å². The third-order valence-electron chi connectivity index (χ3n) is 3.92. The largest absolute Gasteiger partial charge is 0.417 e. The normalized spacial score (nSPS) is 17.5. The molecule has 0 bridgehead atoms. The van der Waals surface area contributed by atoms with Crippen LogP contribution in [0.3, 0.4) is 0 Å². The van der Waals surface area contributed by atoms with E-state index in [0.29, 0.717) is 12.5 Å². The second kappa shape index (κ2) is 8.14. The number of benzene rings is 1. The molecule has 0 radical (unpaired) electrons. The molecule has 1 aromatic carbocycles. The van der Waals surface area contributed by atoms with Gasteiger partial charge in [-0.2, -0.15) is 13.2 Å². The predicted molar refractivity (Wildman–Crippen MR) is 82.4 cm³/mol. The minimum absolute atomic E-state index is 0.353. The first kappa shape index (κ1) is 18.3. The van der Waals surface area contributed by atoms with Crippen LogP contribution in [0.2, 0.25) is 0 Å². The van der Waals surface area contributed by atoms with Crippen molar-refractivity contribution in [3.63, 3.8) is 0 Å². The zero-order chi connectivity index (χ0) is 17.6. The van der Waals surface area contributed by atoms with Gasteiger partial charge in [0.05, 0.1) is 17.7 Å². The van der Waals surface area contributed by atoms with Gasteiger partial charge in [0.15, 0.2) is 0 Å². The van der Waals surface area contributed by atoms with Gasteiger partial charge in [-0.1, -0.05) is 12.1 Å². The average molecular weight is 343 g/mol. The van der Waals surface area contributed by atoms with Gasteiger partial charge in [0.25, 0.3) is 5.91 Å². The lowest BCUT2D eigenvalue weighted by atomic mass is 10.1. The summed E-state index contributed by atoms with van der Waals surface area (Å²) in [5.74, 6) is -0.810. The number of hydrogen-bond donors (Lipinski definition) is 3. The molecule has 1 atom stereocenters. The van der Waals surface area contributed by atoms with E-state index in [1.165, 1.54) is 12.1 Å². The van der Waals surface area contributed by atoms with E-state index >= 15 is 0 Å². The molecule has 132 valence electrons. The van der Waals surface area contributed by atoms with Crippen molar-refractivity contribution >= 4 is 11.8 Å². The van der Waals surface area contributed by atoms with Crippen molar-refractivity contribution in [3.8, 4) is 0 Å². The third kappa shape index (κ3) is 5.23. The van der Waals surface area contributed by atoms with Crippen LogP contribution in [0.4, 0.5) is 13.2 Å². The van der Waals surface area contributed by atoms with E-state index in [1.54, 1.807) is 0 Å². The van der Waals surface area contributed by atoms with Crippen LogP contribution in [0.5, 0.6) is 0 Å². The highest BCUT2D eigenvalue weighted by Gasteiger charge is 2.34. The summed E-state index contributed by atoms with van der Waals surface area (Å²) in [6.07, 6.45) is -2.71. The van der Waals surface area contributed by atoms with E-state index in [9.17, 15) is 22.8 Å². The molecule has 1 aliphatic heterocycles. The standard InChI is InChI=1S/C16H20F3N3O2/c17-16(18,19)13-4-2-1-3-12(13)15(24)22-10-14(23)21-8-6-11-5-7-20-9-11/h1-4,11,20H,5-10H2,(H,21,23)(H,22,24). The van der Waals surface area contributed by atoms with Crippen LogP contribution < -0.4 is 16.0 Å². The van der Waals surface area contributed by atoms with E-state index in [0.717, 1.165) is 38.1 Å². The Morgan fingerprint density at radius 2 is 1.96 bits per heavy atom. The fourth-order valence-electron chi connectivity index (χ4n) is 2.62. The Bertz CT molecular complexity index is 584. The van der Waals surface area contributed by atoms with E-state index in [-0.39, 0.29) is 6.54 Å². The van der Waals surface area contributed by atoms with E-state index in [4.69, 9.17) is 0 Å². The Labute approximate surface area is 138 Å². The van der Waals surface area contributed by atoms with Crippen LogP contribution in [0.15, 0.2) is 24.3 Å². The van der Waals surface area contributed by atoms with Crippen molar-refractivity contribution < 1.29 is 22.8 Å². The highest BCUT2D eigenvalue weighted by molar-refractivity contribution is 5.97. The predicted octanol–water partition coefficient (Wildman–Crippen LogP) is 1.55. The second-order valence-corrected chi connectivity index (χ2v) is 5.72. The molecule has 24 heavy (non-hydrogen) atoms. The molecule has 1 aliphatic rings. The van der Waals surface area contributed by atoms with Crippen LogP contribution in [-0.4, -0.2) is 38.0 Å². The molecule has 5 nitrogen and oxygen atoms in total. The summed E-state index contributed by atoms with van der Waals surface area (Å²) in [7, 11) is 0. The minimum atomic E-state index is -4.62. The molecule has 2 rings (SSSR count). The Balaban J connectivity index is 1.79. The molecule has 1 saturated heterocycles. The van der Waals surface area contributed by atoms with Crippen molar-refractivity contribution in [2.45, 2.75) is 19.0 Å². The molecule has 0 saturated carbocycles. The Hall–Kier alpha value is -2.09. The monoisotopic (exact) mass is 343 g/mol. The number of amides is 2. The summed E-state index contributed by atoms with van der Waals surface area (Å²) in [4.78, 5) is 23.6. The number of carbonyl (C=O) groups is 2. The summed E-state index contributed by atoms with van der Waals surface area (Å²) in [5, 5.41) is 8.11. The van der Waals surface area contributed by atoms with Gasteiger partial charge in [-0.3, -0.25) is 9.59 Å². The fraction of sp³-hybridized carbons (Fsp3) is 0.500. The molecule has 8 heteroatoms. The van der Waals surface area contributed by atoms with Crippen LogP contribution in [0, 0.1) is 5.92 Å². The van der Waals surface area contributed by atoms with Crippen LogP contribution in [0.25, 0.3) is 0 Å². The first-order valence-corrected chi connectivity index (χ1v) is 7.80. The smallest absolute Gasteiger partial charge is 0.355 e. The topological polar surface area (TPSA) is 70.2 Å². The molecule has 0 spiro atoms. The molecule has 1 heterocycles. The lowest BCUT2D eigenvalue weighted by molar-refractivity contribution is -0.137. The Morgan fingerprint density at radius 3 is 2.62 bits per heavy atom. The maximum absolute atomic E-state index is 12.9. The maximum Gasteiger partial charge on any atom is 0.417 e. The lowest BCUT2D eigenvalue weighted by Crippen LogP contribution is -2.38. The van der Waals surface area contributed by atoms with Crippen molar-refractivity contribution in [2.75, 3.05) is 26.2 Å². The van der Waals surface area contributed by atoms with E-state index < -0.39 is 29.1 Å². The highest BCUT2D eigenvalue weighted by Crippen LogP contribution is 2.31. The molecule has 1 unspecified atom stereocenters. The molecule has 1 aromatic rings. The quantitative estimate of drug-likeness (QED) is 0.734. The van der Waals surface area contributed by atoms with Gasteiger partial charge in [-0.05, 0) is 44.0 Å². The first-order valence-electron chi connectivity index (χ1n) is 7.80. The van der Waals surface area contributed by atoms with Gasteiger partial charge >= 0.3 is 6.18 Å². The number of nitrogens with one attached hydrogen (secondary N) is 3. The van der Waals surface area contributed by atoms with Crippen molar-refractivity contribution in [1.82, 2.24) is 16.0 Å². The molecule has 1 fully saturated rings. The Morgan fingerprint density at radius 1 is 1.21 bits per heavy atom. The third-order valence-corrected chi connectivity index (χ3v) is 3.92. The van der Waals surface area contributed by atoms with Gasteiger partial charge in [0.2, 0.25) is 5.91 Å². The molecule has 0 aliphatic carbocycles. The second-order valence-electron chi connectivity index (χ2n) is 5.72. The fourth-order valence-corrected chi connectivity index (χ4v) is 2.62. The highest BCUT2D eigenvalue weighted by atomic mass is 19.4. The van der Waals surface area contributed by atoms with Crippen LogP contribution >= 0.6 is 0 Å². The maximum atomic E-state index is 12.9. The molecule has 0 aromatic heterocycles. The van der Waals surface area contributed by atoms with Crippen molar-refractivity contribution in [3.05, 3.63) is 35.4 Å². The average Bonchev–Trinajstić information content (AvgIpc) is 3.05. The zero-order valence-corrected chi connectivity index (χ0v) is 13.1. The van der Waals surface area contributed by atoms with Gasteiger partial charge in [0.1, 0.15) is 0 Å². The summed E-state index contributed by atoms with van der Waals surface area (Å²) < 4.78 is 38.6. The SMILES string of the molecule is O=C(CNC(=O)c1ccccc1C(F)(F)F)NCCC1CCNC1. The minimum Gasteiger partial charge on any atom is -0.355 e. The van der Waals surface area contributed by atoms with Crippen LogP contribution in [-0.2, 0) is 11.0 Å². The molecular formula is C16H20F3N3O2. The summed E-state index contributed by atoms with van der Waals surface area (Å²) >= 11 is 0. The number of hydrogen-bond acceptors (Lipinski definition) is 3. The summed E-state index contributed by atoms with van der Waals surface area (Å²) in [6.45, 7) is 2.04. The van der Waals surface area contributed by atoms with Crippen LogP contribution in [0.1, 0.15) is 28.8 Å². The summed E-state index contributed by atoms with van der Waals surface area (Å²) in [6, 6.07) is 4.48. The van der Waals surface area contributed by atoms with E-state index in [1.807, 2.05) is 0 Å². The molecular weight excluding hydrogens is 323 g/mol.